The van der Waals surface area contributed by atoms with Crippen LogP contribution in [0.15, 0.2) is 40.0 Å². The molecule has 2 aromatic heterocycles. The van der Waals surface area contributed by atoms with Crippen molar-refractivity contribution in [3.63, 3.8) is 0 Å². The van der Waals surface area contributed by atoms with Crippen molar-refractivity contribution in [1.82, 2.24) is 20.2 Å². The quantitative estimate of drug-likeness (QED) is 0.411. The number of pyridine rings is 1. The molecule has 7 nitrogen and oxygen atoms in total. The highest BCUT2D eigenvalue weighted by Gasteiger charge is 2.22. The average Bonchev–Trinajstić information content (AvgIpc) is 3.13. The lowest BCUT2D eigenvalue weighted by atomic mass is 9.94. The summed E-state index contributed by atoms with van der Waals surface area (Å²) in [6.07, 6.45) is 3.65. The van der Waals surface area contributed by atoms with E-state index in [1.807, 2.05) is 31.6 Å². The second-order valence-corrected chi connectivity index (χ2v) is 7.43. The number of hydrogen-bond acceptors (Lipinski definition) is 5. The molecule has 1 fully saturated rings. The fourth-order valence-electron chi connectivity index (χ4n) is 2.91. The molecule has 27 heavy (non-hydrogen) atoms. The fraction of sp³-hybridized carbons (Fsp3) is 0.526. The van der Waals surface area contributed by atoms with Gasteiger partial charge in [0.15, 0.2) is 5.96 Å². The van der Waals surface area contributed by atoms with Gasteiger partial charge in [-0.05, 0) is 12.1 Å². The molecule has 1 aliphatic heterocycles. The zero-order valence-corrected chi connectivity index (χ0v) is 18.8. The van der Waals surface area contributed by atoms with E-state index in [0.717, 1.165) is 43.7 Å². The van der Waals surface area contributed by atoms with E-state index in [9.17, 15) is 0 Å². The van der Waals surface area contributed by atoms with Gasteiger partial charge in [0.2, 0.25) is 5.89 Å². The van der Waals surface area contributed by atoms with Crippen molar-refractivity contribution in [2.24, 2.45) is 4.99 Å². The number of piperazine rings is 1. The summed E-state index contributed by atoms with van der Waals surface area (Å²) in [7, 11) is 1.81. The topological polar surface area (TPSA) is 69.8 Å². The Morgan fingerprint density at radius 3 is 2.48 bits per heavy atom. The van der Waals surface area contributed by atoms with Crippen LogP contribution >= 0.6 is 24.0 Å². The maximum absolute atomic E-state index is 5.84. The first kappa shape index (κ1) is 21.5. The molecule has 0 bridgehead atoms. The second-order valence-electron chi connectivity index (χ2n) is 7.43. The van der Waals surface area contributed by atoms with Crippen LogP contribution in [0.5, 0.6) is 0 Å². The molecule has 148 valence electrons. The number of halogens is 1. The number of nitrogens with one attached hydrogen (secondary N) is 1. The normalized spacial score (nSPS) is 15.5. The molecule has 1 N–H and O–H groups in total. The van der Waals surface area contributed by atoms with Gasteiger partial charge in [-0.3, -0.25) is 4.99 Å². The molecule has 2 aromatic rings. The summed E-state index contributed by atoms with van der Waals surface area (Å²) < 4.78 is 5.84. The van der Waals surface area contributed by atoms with Crippen LogP contribution in [-0.2, 0) is 12.0 Å². The Kier molecular flexibility index (Phi) is 7.46. The number of rotatable bonds is 3. The molecule has 3 rings (SSSR count). The Balaban J connectivity index is 0.00000261. The Morgan fingerprint density at radius 1 is 1.19 bits per heavy atom. The van der Waals surface area contributed by atoms with Crippen LogP contribution in [0.4, 0.5) is 5.82 Å². The summed E-state index contributed by atoms with van der Waals surface area (Å²) in [6.45, 7) is 10.5. The van der Waals surface area contributed by atoms with Gasteiger partial charge in [0.25, 0.3) is 0 Å². The summed E-state index contributed by atoms with van der Waals surface area (Å²) >= 11 is 0. The zero-order valence-electron chi connectivity index (χ0n) is 16.5. The minimum absolute atomic E-state index is 0. The zero-order chi connectivity index (χ0) is 18.6. The minimum Gasteiger partial charge on any atom is -0.443 e. The predicted molar refractivity (Wildman–Crippen MR) is 119 cm³/mol. The van der Waals surface area contributed by atoms with E-state index in [1.54, 1.807) is 0 Å². The van der Waals surface area contributed by atoms with Crippen LogP contribution < -0.4 is 10.2 Å². The lowest BCUT2D eigenvalue weighted by Crippen LogP contribution is -2.52. The van der Waals surface area contributed by atoms with Crippen molar-refractivity contribution in [3.05, 3.63) is 42.2 Å². The maximum Gasteiger partial charge on any atom is 0.213 e. The Morgan fingerprint density at radius 2 is 1.93 bits per heavy atom. The molecule has 0 spiro atoms. The third-order valence-corrected chi connectivity index (χ3v) is 4.45. The monoisotopic (exact) mass is 484 g/mol. The summed E-state index contributed by atoms with van der Waals surface area (Å²) in [5.41, 5.74) is -0.0330. The number of hydrogen-bond donors (Lipinski definition) is 1. The van der Waals surface area contributed by atoms with Gasteiger partial charge in [-0.25, -0.2) is 9.97 Å². The van der Waals surface area contributed by atoms with Gasteiger partial charge in [0.1, 0.15) is 11.6 Å². The number of aromatic nitrogens is 2. The van der Waals surface area contributed by atoms with E-state index in [0.29, 0.717) is 12.4 Å². The van der Waals surface area contributed by atoms with Crippen LogP contribution in [0.3, 0.4) is 0 Å². The van der Waals surface area contributed by atoms with Crippen LogP contribution in [-0.4, -0.2) is 54.1 Å². The molecule has 0 atom stereocenters. The van der Waals surface area contributed by atoms with Crippen LogP contribution in [0.2, 0.25) is 0 Å². The molecule has 0 unspecified atom stereocenters. The van der Waals surface area contributed by atoms with Crippen molar-refractivity contribution in [2.75, 3.05) is 38.1 Å². The highest BCUT2D eigenvalue weighted by atomic mass is 127. The molecule has 0 aromatic carbocycles. The molecule has 0 saturated carbocycles. The van der Waals surface area contributed by atoms with E-state index in [4.69, 9.17) is 4.42 Å². The van der Waals surface area contributed by atoms with E-state index in [-0.39, 0.29) is 29.4 Å². The van der Waals surface area contributed by atoms with Gasteiger partial charge >= 0.3 is 0 Å². The highest BCUT2D eigenvalue weighted by Crippen LogP contribution is 2.22. The van der Waals surface area contributed by atoms with Crippen LogP contribution in [0.25, 0.3) is 0 Å². The van der Waals surface area contributed by atoms with Crippen molar-refractivity contribution in [3.8, 4) is 0 Å². The summed E-state index contributed by atoms with van der Waals surface area (Å²) in [5, 5.41) is 3.36. The molecular weight excluding hydrogens is 455 g/mol. The van der Waals surface area contributed by atoms with E-state index >= 15 is 0 Å². The van der Waals surface area contributed by atoms with E-state index in [2.05, 4.69) is 56.9 Å². The smallest absolute Gasteiger partial charge is 0.213 e. The van der Waals surface area contributed by atoms with Gasteiger partial charge in [0.05, 0.1) is 12.7 Å². The molecule has 0 aliphatic carbocycles. The molecule has 1 aliphatic rings. The van der Waals surface area contributed by atoms with Gasteiger partial charge in [-0.15, -0.1) is 24.0 Å². The van der Waals surface area contributed by atoms with Crippen molar-refractivity contribution in [2.45, 2.75) is 32.7 Å². The van der Waals surface area contributed by atoms with Crippen molar-refractivity contribution < 1.29 is 4.42 Å². The molecule has 0 amide bonds. The predicted octanol–water partition coefficient (Wildman–Crippen LogP) is 2.88. The van der Waals surface area contributed by atoms with Gasteiger partial charge < -0.3 is 19.5 Å². The first-order valence-electron chi connectivity index (χ1n) is 9.04. The Labute approximate surface area is 178 Å². The van der Waals surface area contributed by atoms with Gasteiger partial charge in [-0.2, -0.15) is 0 Å². The SMILES string of the molecule is CN=C(NCc1ncc(C(C)(C)C)o1)N1CCN(c2ccccn2)CC1.I. The standard InChI is InChI=1S/C19H28N6O.HI/c1-19(2,3)15-13-22-17(26-15)14-23-18(20-4)25-11-9-24(10-12-25)16-7-5-6-8-21-16;/h5-8,13H,9-12,14H2,1-4H3,(H,20,23);1H. The van der Waals surface area contributed by atoms with E-state index < -0.39 is 0 Å². The first-order valence-corrected chi connectivity index (χ1v) is 9.04. The fourth-order valence-corrected chi connectivity index (χ4v) is 2.91. The van der Waals surface area contributed by atoms with Gasteiger partial charge in [-0.1, -0.05) is 26.8 Å². The minimum atomic E-state index is -0.0330. The van der Waals surface area contributed by atoms with Crippen LogP contribution in [0, 0.1) is 0 Å². The first-order chi connectivity index (χ1) is 12.5. The van der Waals surface area contributed by atoms with Gasteiger partial charge in [0, 0.05) is 44.8 Å². The molecule has 1 saturated heterocycles. The largest absolute Gasteiger partial charge is 0.443 e. The van der Waals surface area contributed by atoms with Crippen LogP contribution in [0.1, 0.15) is 32.4 Å². The number of oxazole rings is 1. The lowest BCUT2D eigenvalue weighted by Gasteiger charge is -2.37. The number of guanidine groups is 1. The number of aliphatic imine (C=N–C) groups is 1. The third-order valence-electron chi connectivity index (χ3n) is 4.45. The second kappa shape index (κ2) is 9.38. The Hall–Kier alpha value is -1.84. The lowest BCUT2D eigenvalue weighted by molar-refractivity contribution is 0.359. The van der Waals surface area contributed by atoms with Crippen molar-refractivity contribution >= 4 is 35.8 Å². The highest BCUT2D eigenvalue weighted by molar-refractivity contribution is 14.0. The molecule has 3 heterocycles. The third kappa shape index (κ3) is 5.57. The summed E-state index contributed by atoms with van der Waals surface area (Å²) in [6, 6.07) is 6.02. The number of anilines is 1. The van der Waals surface area contributed by atoms with Crippen molar-refractivity contribution in [1.29, 1.82) is 0 Å². The molecular formula is C19H29IN6O. The molecule has 0 radical (unpaired) electrons. The summed E-state index contributed by atoms with van der Waals surface area (Å²) in [5.74, 6) is 3.49. The van der Waals surface area contributed by atoms with E-state index in [1.165, 1.54) is 0 Å². The Bertz CT molecular complexity index is 732. The average molecular weight is 484 g/mol. The maximum atomic E-state index is 5.84. The summed E-state index contributed by atoms with van der Waals surface area (Å²) in [4.78, 5) is 17.8. The number of nitrogens with zero attached hydrogens (tertiary/aromatic N) is 5. The molecule has 8 heteroatoms.